The topological polar surface area (TPSA) is 55.0 Å². The molecule has 1 heterocycles. The highest BCUT2D eigenvalue weighted by Crippen LogP contribution is 2.14. The van der Waals surface area contributed by atoms with Gasteiger partial charge in [0, 0.05) is 11.8 Å². The number of nitrogens with one attached hydrogen (secondary N) is 1. The fourth-order valence-corrected chi connectivity index (χ4v) is 1.44. The molecule has 1 N–H and O–H groups in total. The average molecular weight is 230 g/mol. The molecule has 0 saturated carbocycles. The molecule has 0 amide bonds. The molecule has 0 fully saturated rings. The Balaban J connectivity index is 2.14. The number of carbonyl (C=O) groups is 1. The zero-order valence-corrected chi connectivity index (χ0v) is 9.64. The minimum atomic E-state index is -0.384. The second kappa shape index (κ2) is 5.30. The van der Waals surface area contributed by atoms with Crippen molar-refractivity contribution in [3.05, 3.63) is 42.2 Å². The maximum absolute atomic E-state index is 11.5. The van der Waals surface area contributed by atoms with Crippen molar-refractivity contribution in [2.45, 2.75) is 13.3 Å². The van der Waals surface area contributed by atoms with Gasteiger partial charge in [-0.3, -0.25) is 0 Å². The molecule has 0 unspecified atom stereocenters. The number of ether oxygens (including phenoxy) is 1. The van der Waals surface area contributed by atoms with E-state index in [1.165, 1.54) is 0 Å². The molecular formula is C13H14N2O2. The first-order chi connectivity index (χ1) is 8.31. The van der Waals surface area contributed by atoms with E-state index in [-0.39, 0.29) is 5.97 Å². The van der Waals surface area contributed by atoms with Crippen molar-refractivity contribution in [2.24, 2.45) is 0 Å². The Morgan fingerprint density at radius 3 is 2.82 bits per heavy atom. The fourth-order valence-electron chi connectivity index (χ4n) is 1.44. The number of carbonyl (C=O) groups excluding carboxylic acids is 1. The van der Waals surface area contributed by atoms with Crippen LogP contribution >= 0.6 is 0 Å². The predicted molar refractivity (Wildman–Crippen MR) is 64.6 cm³/mol. The smallest absolute Gasteiger partial charge is 0.358 e. The Kier molecular flexibility index (Phi) is 3.55. The van der Waals surface area contributed by atoms with Crippen LogP contribution in [0.5, 0.6) is 0 Å². The summed E-state index contributed by atoms with van der Waals surface area (Å²) in [5.41, 5.74) is 1.26. The lowest BCUT2D eigenvalue weighted by molar-refractivity contribution is 0.0499. The van der Waals surface area contributed by atoms with E-state index in [0.717, 1.165) is 12.0 Å². The fraction of sp³-hybridized carbons (Fsp3) is 0.231. The monoisotopic (exact) mass is 230 g/mol. The van der Waals surface area contributed by atoms with Crippen molar-refractivity contribution in [3.8, 4) is 11.4 Å². The lowest BCUT2D eigenvalue weighted by Gasteiger charge is -1.98. The number of rotatable bonds is 4. The van der Waals surface area contributed by atoms with Crippen LogP contribution in [0.4, 0.5) is 0 Å². The molecule has 1 aromatic carbocycles. The van der Waals surface area contributed by atoms with Crippen molar-refractivity contribution in [1.29, 1.82) is 0 Å². The zero-order chi connectivity index (χ0) is 12.1. The summed E-state index contributed by atoms with van der Waals surface area (Å²) in [5, 5.41) is 0. The Morgan fingerprint density at radius 2 is 2.12 bits per heavy atom. The number of imidazole rings is 1. The van der Waals surface area contributed by atoms with Gasteiger partial charge in [-0.1, -0.05) is 37.3 Å². The highest BCUT2D eigenvalue weighted by Gasteiger charge is 2.11. The summed E-state index contributed by atoms with van der Waals surface area (Å²) in [6.07, 6.45) is 2.38. The Bertz CT molecular complexity index is 491. The summed E-state index contributed by atoms with van der Waals surface area (Å²) in [5.74, 6) is 0.291. The normalized spacial score (nSPS) is 10.2. The number of aromatic amines is 1. The molecule has 0 radical (unpaired) electrons. The zero-order valence-electron chi connectivity index (χ0n) is 9.64. The largest absolute Gasteiger partial charge is 0.461 e. The second-order valence-corrected chi connectivity index (χ2v) is 3.64. The van der Waals surface area contributed by atoms with Crippen LogP contribution in [0.15, 0.2) is 36.5 Å². The van der Waals surface area contributed by atoms with Crippen LogP contribution in [-0.2, 0) is 4.74 Å². The lowest BCUT2D eigenvalue weighted by Crippen LogP contribution is -2.06. The number of hydrogen-bond donors (Lipinski definition) is 1. The van der Waals surface area contributed by atoms with Gasteiger partial charge in [-0.2, -0.15) is 0 Å². The molecule has 2 rings (SSSR count). The summed E-state index contributed by atoms with van der Waals surface area (Å²) < 4.78 is 5.00. The number of H-pyrrole nitrogens is 1. The minimum Gasteiger partial charge on any atom is -0.461 e. The average Bonchev–Trinajstić information content (AvgIpc) is 2.86. The van der Waals surface area contributed by atoms with Crippen LogP contribution in [-0.4, -0.2) is 22.5 Å². The van der Waals surface area contributed by atoms with Crippen LogP contribution in [0.25, 0.3) is 11.4 Å². The first-order valence-corrected chi connectivity index (χ1v) is 5.59. The first kappa shape index (κ1) is 11.4. The van der Waals surface area contributed by atoms with Gasteiger partial charge >= 0.3 is 5.97 Å². The van der Waals surface area contributed by atoms with Crippen LogP contribution in [0.3, 0.4) is 0 Å². The molecule has 0 saturated heterocycles. The molecule has 0 atom stereocenters. The molecule has 0 aliphatic heterocycles. The van der Waals surface area contributed by atoms with Gasteiger partial charge in [-0.25, -0.2) is 9.78 Å². The molecule has 4 nitrogen and oxygen atoms in total. The highest BCUT2D eigenvalue weighted by molar-refractivity contribution is 5.87. The van der Waals surface area contributed by atoms with Gasteiger partial charge in [-0.15, -0.1) is 0 Å². The van der Waals surface area contributed by atoms with E-state index in [1.54, 1.807) is 6.20 Å². The summed E-state index contributed by atoms with van der Waals surface area (Å²) >= 11 is 0. The van der Waals surface area contributed by atoms with E-state index in [1.807, 2.05) is 37.3 Å². The number of benzene rings is 1. The Morgan fingerprint density at radius 1 is 1.35 bits per heavy atom. The first-order valence-electron chi connectivity index (χ1n) is 5.59. The Labute approximate surface area is 99.7 Å². The summed E-state index contributed by atoms with van der Waals surface area (Å²) in [6, 6.07) is 9.64. The molecule has 2 aromatic rings. The van der Waals surface area contributed by atoms with E-state index < -0.39 is 0 Å². The van der Waals surface area contributed by atoms with Crippen molar-refractivity contribution in [2.75, 3.05) is 6.61 Å². The molecule has 17 heavy (non-hydrogen) atoms. The molecule has 0 bridgehead atoms. The number of esters is 1. The number of aromatic nitrogens is 2. The van der Waals surface area contributed by atoms with Gasteiger partial charge in [-0.05, 0) is 6.42 Å². The standard InChI is InChI=1S/C13H14N2O2/c1-2-8-17-13(16)11-9-14-12(15-11)10-6-4-3-5-7-10/h3-7,9H,2,8H2,1H3,(H,14,15). The van der Waals surface area contributed by atoms with Gasteiger partial charge in [0.2, 0.25) is 0 Å². The second-order valence-electron chi connectivity index (χ2n) is 3.64. The van der Waals surface area contributed by atoms with Crippen molar-refractivity contribution >= 4 is 5.97 Å². The maximum atomic E-state index is 11.5. The minimum absolute atomic E-state index is 0.317. The van der Waals surface area contributed by atoms with E-state index >= 15 is 0 Å². The van der Waals surface area contributed by atoms with E-state index in [9.17, 15) is 4.79 Å². The van der Waals surface area contributed by atoms with Crippen LogP contribution in [0, 0.1) is 0 Å². The Hall–Kier alpha value is -2.10. The van der Waals surface area contributed by atoms with Crippen LogP contribution in [0.2, 0.25) is 0 Å². The van der Waals surface area contributed by atoms with Gasteiger partial charge < -0.3 is 9.72 Å². The summed E-state index contributed by atoms with van der Waals surface area (Å²) in [7, 11) is 0. The molecule has 88 valence electrons. The lowest BCUT2D eigenvalue weighted by atomic mass is 10.2. The third-order valence-corrected chi connectivity index (χ3v) is 2.27. The van der Waals surface area contributed by atoms with Crippen LogP contribution in [0.1, 0.15) is 23.8 Å². The molecule has 0 aliphatic rings. The summed E-state index contributed by atoms with van der Waals surface area (Å²) in [4.78, 5) is 18.7. The van der Waals surface area contributed by atoms with Gasteiger partial charge in [0.05, 0.1) is 6.61 Å². The molecule has 0 spiro atoms. The maximum Gasteiger partial charge on any atom is 0.358 e. The SMILES string of the molecule is CCCOC(=O)c1c[nH]c(-c2ccccc2)n1. The summed E-state index contributed by atoms with van der Waals surface area (Å²) in [6.45, 7) is 2.37. The van der Waals surface area contributed by atoms with E-state index in [2.05, 4.69) is 9.97 Å². The van der Waals surface area contributed by atoms with Gasteiger partial charge in [0.25, 0.3) is 0 Å². The molecule has 4 heteroatoms. The van der Waals surface area contributed by atoms with Gasteiger partial charge in [0.15, 0.2) is 5.69 Å². The third-order valence-electron chi connectivity index (χ3n) is 2.27. The molecular weight excluding hydrogens is 216 g/mol. The van der Waals surface area contributed by atoms with Crippen molar-refractivity contribution in [1.82, 2.24) is 9.97 Å². The highest BCUT2D eigenvalue weighted by atomic mass is 16.5. The van der Waals surface area contributed by atoms with Crippen molar-refractivity contribution in [3.63, 3.8) is 0 Å². The van der Waals surface area contributed by atoms with E-state index in [0.29, 0.717) is 18.1 Å². The van der Waals surface area contributed by atoms with E-state index in [4.69, 9.17) is 4.74 Å². The van der Waals surface area contributed by atoms with Crippen LogP contribution < -0.4 is 0 Å². The van der Waals surface area contributed by atoms with Gasteiger partial charge in [0.1, 0.15) is 5.82 Å². The quantitative estimate of drug-likeness (QED) is 0.821. The number of hydrogen-bond acceptors (Lipinski definition) is 3. The third kappa shape index (κ3) is 2.72. The molecule has 0 aliphatic carbocycles. The predicted octanol–water partition coefficient (Wildman–Crippen LogP) is 2.64. The number of nitrogens with zero attached hydrogens (tertiary/aromatic N) is 1. The molecule has 1 aromatic heterocycles. The van der Waals surface area contributed by atoms with Crippen molar-refractivity contribution < 1.29 is 9.53 Å².